The molecule has 0 saturated heterocycles. The first-order valence-electron chi connectivity index (χ1n) is 7.12. The fourth-order valence-electron chi connectivity index (χ4n) is 2.79. The van der Waals surface area contributed by atoms with Crippen LogP contribution in [0.1, 0.15) is 62.3 Å². The van der Waals surface area contributed by atoms with Gasteiger partial charge in [-0.3, -0.25) is 0 Å². The molecule has 1 aliphatic carbocycles. The Morgan fingerprint density at radius 2 is 1.71 bits per heavy atom. The number of aryl methyl sites for hydroxylation is 2. The van der Waals surface area contributed by atoms with E-state index in [4.69, 9.17) is 0 Å². The summed E-state index contributed by atoms with van der Waals surface area (Å²) in [6, 6.07) is 4.87. The first kappa shape index (κ1) is 12.4. The molecule has 0 radical (unpaired) electrons. The number of rotatable bonds is 5. The highest BCUT2D eigenvalue weighted by Gasteiger charge is 2.14. The molecule has 1 aromatic rings. The highest BCUT2D eigenvalue weighted by Crippen LogP contribution is 2.30. The summed E-state index contributed by atoms with van der Waals surface area (Å²) in [4.78, 5) is 0. The Bertz CT molecular complexity index is 424. The van der Waals surface area contributed by atoms with Crippen molar-refractivity contribution in [1.29, 1.82) is 0 Å². The van der Waals surface area contributed by atoms with Gasteiger partial charge in [0.15, 0.2) is 0 Å². The molecule has 0 fully saturated rings. The number of fused-ring (bicyclic) bond motifs is 1. The van der Waals surface area contributed by atoms with Gasteiger partial charge in [-0.25, -0.2) is 0 Å². The van der Waals surface area contributed by atoms with Crippen molar-refractivity contribution in [3.63, 3.8) is 0 Å². The van der Waals surface area contributed by atoms with Gasteiger partial charge in [-0.05, 0) is 54.4 Å². The SMILES string of the molecule is CCCCC1=Cc2cc(CC)c(CC)cc2C1. The molecule has 1 aliphatic rings. The second-order valence-electron chi connectivity index (χ2n) is 5.11. The van der Waals surface area contributed by atoms with Crippen molar-refractivity contribution in [2.75, 3.05) is 0 Å². The summed E-state index contributed by atoms with van der Waals surface area (Å²) in [6.07, 6.45) is 9.88. The maximum atomic E-state index is 2.45. The Labute approximate surface area is 106 Å². The van der Waals surface area contributed by atoms with Gasteiger partial charge >= 0.3 is 0 Å². The summed E-state index contributed by atoms with van der Waals surface area (Å²) >= 11 is 0. The van der Waals surface area contributed by atoms with Gasteiger partial charge in [0.2, 0.25) is 0 Å². The highest BCUT2D eigenvalue weighted by molar-refractivity contribution is 5.65. The van der Waals surface area contributed by atoms with Crippen LogP contribution in [0, 0.1) is 0 Å². The maximum Gasteiger partial charge on any atom is -0.00577 e. The van der Waals surface area contributed by atoms with Gasteiger partial charge < -0.3 is 0 Å². The van der Waals surface area contributed by atoms with Gasteiger partial charge in [0, 0.05) is 0 Å². The lowest BCUT2D eigenvalue weighted by Crippen LogP contribution is -1.95. The van der Waals surface area contributed by atoms with Crippen LogP contribution in [0.15, 0.2) is 17.7 Å². The Morgan fingerprint density at radius 1 is 1.00 bits per heavy atom. The molecule has 0 amide bonds. The molecule has 0 saturated carbocycles. The Kier molecular flexibility index (Phi) is 4.04. The third-order valence-electron chi connectivity index (χ3n) is 3.85. The molecule has 0 aliphatic heterocycles. The lowest BCUT2D eigenvalue weighted by atomic mass is 9.96. The van der Waals surface area contributed by atoms with Crippen LogP contribution in [-0.2, 0) is 19.3 Å². The molecule has 0 aromatic heterocycles. The number of hydrogen-bond donors (Lipinski definition) is 0. The zero-order valence-corrected chi connectivity index (χ0v) is 11.5. The molecule has 2 rings (SSSR count). The summed E-state index contributed by atoms with van der Waals surface area (Å²) in [6.45, 7) is 6.80. The van der Waals surface area contributed by atoms with Crippen LogP contribution in [0.4, 0.5) is 0 Å². The third kappa shape index (κ3) is 2.62. The van der Waals surface area contributed by atoms with Crippen molar-refractivity contribution >= 4 is 6.08 Å². The molecule has 0 unspecified atom stereocenters. The van der Waals surface area contributed by atoms with Crippen molar-refractivity contribution in [1.82, 2.24) is 0 Å². The van der Waals surface area contributed by atoms with Crippen LogP contribution in [-0.4, -0.2) is 0 Å². The van der Waals surface area contributed by atoms with Gasteiger partial charge in [0.25, 0.3) is 0 Å². The van der Waals surface area contributed by atoms with E-state index in [0.717, 1.165) is 6.42 Å². The monoisotopic (exact) mass is 228 g/mol. The molecular weight excluding hydrogens is 204 g/mol. The first-order chi connectivity index (χ1) is 8.28. The average molecular weight is 228 g/mol. The third-order valence-corrected chi connectivity index (χ3v) is 3.85. The molecule has 0 heterocycles. The largest absolute Gasteiger partial charge is 0.0654 e. The predicted octanol–water partition coefficient (Wildman–Crippen LogP) is 4.94. The van der Waals surface area contributed by atoms with E-state index in [1.807, 2.05) is 0 Å². The van der Waals surface area contributed by atoms with Crippen LogP contribution in [0.3, 0.4) is 0 Å². The molecule has 0 heteroatoms. The minimum absolute atomic E-state index is 1.16. The Balaban J connectivity index is 2.22. The lowest BCUT2D eigenvalue weighted by molar-refractivity contribution is 0.779. The van der Waals surface area contributed by atoms with Crippen molar-refractivity contribution in [3.8, 4) is 0 Å². The predicted molar refractivity (Wildman–Crippen MR) is 76.4 cm³/mol. The van der Waals surface area contributed by atoms with Crippen molar-refractivity contribution in [2.24, 2.45) is 0 Å². The molecule has 0 spiro atoms. The number of allylic oxidation sites excluding steroid dienone is 1. The van der Waals surface area contributed by atoms with Crippen LogP contribution in [0.2, 0.25) is 0 Å². The molecule has 0 bridgehead atoms. The van der Waals surface area contributed by atoms with Gasteiger partial charge in [-0.15, -0.1) is 0 Å². The van der Waals surface area contributed by atoms with E-state index in [1.165, 1.54) is 37.7 Å². The van der Waals surface area contributed by atoms with E-state index < -0.39 is 0 Å². The van der Waals surface area contributed by atoms with Crippen LogP contribution >= 0.6 is 0 Å². The summed E-state index contributed by atoms with van der Waals surface area (Å²) in [5.74, 6) is 0. The molecule has 0 nitrogen and oxygen atoms in total. The van der Waals surface area contributed by atoms with E-state index in [2.05, 4.69) is 39.0 Å². The van der Waals surface area contributed by atoms with Crippen molar-refractivity contribution < 1.29 is 0 Å². The van der Waals surface area contributed by atoms with E-state index in [9.17, 15) is 0 Å². The summed E-state index contributed by atoms with van der Waals surface area (Å²) in [7, 11) is 0. The summed E-state index contributed by atoms with van der Waals surface area (Å²) in [5.41, 5.74) is 7.78. The van der Waals surface area contributed by atoms with E-state index >= 15 is 0 Å². The fourth-order valence-corrected chi connectivity index (χ4v) is 2.79. The molecule has 17 heavy (non-hydrogen) atoms. The van der Waals surface area contributed by atoms with Crippen molar-refractivity contribution in [2.45, 2.75) is 59.3 Å². The second kappa shape index (κ2) is 5.53. The molecule has 1 aromatic carbocycles. The van der Waals surface area contributed by atoms with Crippen molar-refractivity contribution in [3.05, 3.63) is 40.0 Å². The van der Waals surface area contributed by atoms with Gasteiger partial charge in [0.1, 0.15) is 0 Å². The Morgan fingerprint density at radius 3 is 2.35 bits per heavy atom. The zero-order chi connectivity index (χ0) is 12.3. The van der Waals surface area contributed by atoms with Crippen LogP contribution in [0.25, 0.3) is 6.08 Å². The fraction of sp³-hybridized carbons (Fsp3) is 0.529. The minimum atomic E-state index is 1.16. The van der Waals surface area contributed by atoms with Gasteiger partial charge in [0.05, 0.1) is 0 Å². The molecule has 0 atom stereocenters. The second-order valence-corrected chi connectivity index (χ2v) is 5.11. The topological polar surface area (TPSA) is 0 Å². The normalized spacial score (nSPS) is 13.7. The van der Waals surface area contributed by atoms with E-state index in [1.54, 1.807) is 22.3 Å². The van der Waals surface area contributed by atoms with Crippen LogP contribution in [0.5, 0.6) is 0 Å². The molecule has 92 valence electrons. The number of unbranched alkanes of at least 4 members (excludes halogenated alkanes) is 1. The minimum Gasteiger partial charge on any atom is -0.0654 e. The smallest absolute Gasteiger partial charge is 0.00577 e. The van der Waals surface area contributed by atoms with Crippen LogP contribution < -0.4 is 0 Å². The summed E-state index contributed by atoms with van der Waals surface area (Å²) < 4.78 is 0. The number of hydrogen-bond acceptors (Lipinski definition) is 0. The Hall–Kier alpha value is -1.04. The lowest BCUT2D eigenvalue weighted by Gasteiger charge is -2.09. The zero-order valence-electron chi connectivity index (χ0n) is 11.5. The van der Waals surface area contributed by atoms with E-state index in [0.29, 0.717) is 0 Å². The number of benzene rings is 1. The standard InChI is InChI=1S/C17H24/c1-4-7-8-13-9-16-11-14(5-2)15(6-3)12-17(16)10-13/h9,11-12H,4-8,10H2,1-3H3. The maximum absolute atomic E-state index is 2.45. The molecule has 0 N–H and O–H groups in total. The quantitative estimate of drug-likeness (QED) is 0.669. The highest BCUT2D eigenvalue weighted by atomic mass is 14.2. The molecular formula is C17H24. The van der Waals surface area contributed by atoms with E-state index in [-0.39, 0.29) is 0 Å². The van der Waals surface area contributed by atoms with Gasteiger partial charge in [-0.2, -0.15) is 0 Å². The summed E-state index contributed by atoms with van der Waals surface area (Å²) in [5, 5.41) is 0. The average Bonchev–Trinajstić information content (AvgIpc) is 2.76. The van der Waals surface area contributed by atoms with Gasteiger partial charge in [-0.1, -0.05) is 51.0 Å². The first-order valence-corrected chi connectivity index (χ1v) is 7.12.